The van der Waals surface area contributed by atoms with Crippen LogP contribution in [0.15, 0.2) is 24.3 Å². The van der Waals surface area contributed by atoms with Gasteiger partial charge in [-0.25, -0.2) is 10.2 Å². The van der Waals surface area contributed by atoms with Crippen LogP contribution >= 0.6 is 11.6 Å². The lowest BCUT2D eigenvalue weighted by Crippen LogP contribution is -2.46. The largest absolute Gasteiger partial charge is 0.362 e. The topological polar surface area (TPSA) is 123 Å². The van der Waals surface area contributed by atoms with Crippen molar-refractivity contribution in [3.63, 3.8) is 0 Å². The van der Waals surface area contributed by atoms with E-state index in [4.69, 9.17) is 22.1 Å². The molecule has 0 heterocycles. The quantitative estimate of drug-likeness (QED) is 0.571. The van der Waals surface area contributed by atoms with Crippen molar-refractivity contribution < 1.29 is 19.1 Å². The van der Waals surface area contributed by atoms with Crippen molar-refractivity contribution in [2.75, 3.05) is 18.5 Å². The Morgan fingerprint density at radius 2 is 1.65 bits per heavy atom. The zero-order chi connectivity index (χ0) is 15.0. The number of primary amides is 1. The highest BCUT2D eigenvalue weighted by molar-refractivity contribution is 6.30. The number of ether oxygens (including phenoxy) is 1. The van der Waals surface area contributed by atoms with E-state index in [1.165, 1.54) is 0 Å². The van der Waals surface area contributed by atoms with E-state index in [1.54, 1.807) is 24.3 Å². The first-order valence-corrected chi connectivity index (χ1v) is 5.82. The summed E-state index contributed by atoms with van der Waals surface area (Å²) >= 11 is 5.70. The predicted octanol–water partition coefficient (Wildman–Crippen LogP) is -0.00540. The summed E-state index contributed by atoms with van der Waals surface area (Å²) in [6, 6.07) is 5.61. The Labute approximate surface area is 119 Å². The number of halogens is 1. The van der Waals surface area contributed by atoms with Crippen molar-refractivity contribution in [1.29, 1.82) is 0 Å². The molecule has 1 rings (SSSR count). The minimum Gasteiger partial charge on any atom is -0.362 e. The molecule has 0 radical (unpaired) electrons. The number of carbonyl (C=O) groups excluding carboxylic acids is 3. The van der Waals surface area contributed by atoms with Crippen LogP contribution in [-0.4, -0.2) is 31.1 Å². The molecule has 0 spiro atoms. The average Bonchev–Trinajstić information content (AvgIpc) is 2.39. The standard InChI is InChI=1S/C11H13ClN4O4/c12-7-1-3-8(4-2-7)14-9(17)5-20-6-10(18)15-16-11(13)19/h1-4H,5-6H2,(H,14,17)(H,15,18)(H3,13,16,19). The number of anilines is 1. The Balaban J connectivity index is 2.21. The number of amides is 4. The number of hydrazine groups is 1. The van der Waals surface area contributed by atoms with E-state index < -0.39 is 24.5 Å². The minimum absolute atomic E-state index is 0.313. The van der Waals surface area contributed by atoms with Crippen molar-refractivity contribution in [2.45, 2.75) is 0 Å². The molecule has 9 heteroatoms. The van der Waals surface area contributed by atoms with Crippen LogP contribution in [-0.2, 0) is 14.3 Å². The number of nitrogens with one attached hydrogen (secondary N) is 3. The van der Waals surface area contributed by atoms with Gasteiger partial charge in [0.15, 0.2) is 0 Å². The first kappa shape index (κ1) is 15.7. The summed E-state index contributed by atoms with van der Waals surface area (Å²) in [5, 5.41) is 3.10. The van der Waals surface area contributed by atoms with Crippen molar-refractivity contribution in [3.05, 3.63) is 29.3 Å². The van der Waals surface area contributed by atoms with Crippen LogP contribution in [0.3, 0.4) is 0 Å². The Hall–Kier alpha value is -2.32. The zero-order valence-electron chi connectivity index (χ0n) is 10.3. The molecule has 0 fully saturated rings. The van der Waals surface area contributed by atoms with Gasteiger partial charge in [0.2, 0.25) is 5.91 Å². The summed E-state index contributed by atoms with van der Waals surface area (Å²) in [5.41, 5.74) is 9.14. The molecule has 108 valence electrons. The smallest absolute Gasteiger partial charge is 0.330 e. The van der Waals surface area contributed by atoms with Crippen molar-refractivity contribution in [3.8, 4) is 0 Å². The summed E-state index contributed by atoms with van der Waals surface area (Å²) in [4.78, 5) is 32.8. The highest BCUT2D eigenvalue weighted by atomic mass is 35.5. The number of hydrogen-bond acceptors (Lipinski definition) is 4. The second-order valence-electron chi connectivity index (χ2n) is 3.59. The van der Waals surface area contributed by atoms with Gasteiger partial charge in [-0.2, -0.15) is 0 Å². The fraction of sp³-hybridized carbons (Fsp3) is 0.182. The Morgan fingerprint density at radius 1 is 1.05 bits per heavy atom. The molecular formula is C11H13ClN4O4. The van der Waals surface area contributed by atoms with Gasteiger partial charge in [-0.15, -0.1) is 0 Å². The van der Waals surface area contributed by atoms with E-state index in [-0.39, 0.29) is 6.61 Å². The predicted molar refractivity (Wildman–Crippen MR) is 71.8 cm³/mol. The first-order chi connectivity index (χ1) is 9.47. The van der Waals surface area contributed by atoms with Gasteiger partial charge in [-0.3, -0.25) is 15.0 Å². The van der Waals surface area contributed by atoms with Gasteiger partial charge >= 0.3 is 6.03 Å². The fourth-order valence-corrected chi connectivity index (χ4v) is 1.26. The molecule has 0 aliphatic carbocycles. The third-order valence-corrected chi connectivity index (χ3v) is 2.17. The number of benzene rings is 1. The molecule has 8 nitrogen and oxygen atoms in total. The molecule has 0 unspecified atom stereocenters. The molecule has 0 saturated heterocycles. The van der Waals surface area contributed by atoms with Gasteiger partial charge in [0.25, 0.3) is 5.91 Å². The van der Waals surface area contributed by atoms with Crippen LogP contribution in [0.4, 0.5) is 10.5 Å². The third-order valence-electron chi connectivity index (χ3n) is 1.92. The van der Waals surface area contributed by atoms with Gasteiger partial charge < -0.3 is 15.8 Å². The second kappa shape index (κ2) is 7.97. The second-order valence-corrected chi connectivity index (χ2v) is 4.02. The van der Waals surface area contributed by atoms with Gasteiger partial charge in [0.1, 0.15) is 13.2 Å². The van der Waals surface area contributed by atoms with Crippen LogP contribution in [0.25, 0.3) is 0 Å². The highest BCUT2D eigenvalue weighted by Crippen LogP contribution is 2.13. The van der Waals surface area contributed by atoms with Crippen LogP contribution in [0.2, 0.25) is 5.02 Å². The molecule has 0 aliphatic rings. The van der Waals surface area contributed by atoms with E-state index in [1.807, 2.05) is 10.9 Å². The summed E-state index contributed by atoms with van der Waals surface area (Å²) in [6.45, 7) is -0.707. The SMILES string of the molecule is NC(=O)NNC(=O)COCC(=O)Nc1ccc(Cl)cc1. The van der Waals surface area contributed by atoms with Gasteiger partial charge in [0.05, 0.1) is 0 Å². The number of hydrogen-bond donors (Lipinski definition) is 4. The Kier molecular flexibility index (Phi) is 6.27. The van der Waals surface area contributed by atoms with Crippen LogP contribution in [0.1, 0.15) is 0 Å². The number of carbonyl (C=O) groups is 3. The molecule has 0 aliphatic heterocycles. The summed E-state index contributed by atoms with van der Waals surface area (Å²) in [5.74, 6) is -1.06. The lowest BCUT2D eigenvalue weighted by molar-refractivity contribution is -0.129. The van der Waals surface area contributed by atoms with E-state index in [0.29, 0.717) is 10.7 Å². The van der Waals surface area contributed by atoms with Gasteiger partial charge in [-0.05, 0) is 24.3 Å². The number of nitrogens with two attached hydrogens (primary N) is 1. The Bertz CT molecular complexity index is 492. The Morgan fingerprint density at radius 3 is 2.25 bits per heavy atom. The van der Waals surface area contributed by atoms with Crippen LogP contribution in [0, 0.1) is 0 Å². The normalized spacial score (nSPS) is 9.65. The lowest BCUT2D eigenvalue weighted by atomic mass is 10.3. The van der Waals surface area contributed by atoms with E-state index in [2.05, 4.69) is 5.32 Å². The summed E-state index contributed by atoms with van der Waals surface area (Å²) in [7, 11) is 0. The van der Waals surface area contributed by atoms with Gasteiger partial charge in [0, 0.05) is 10.7 Å². The van der Waals surface area contributed by atoms with Crippen molar-refractivity contribution in [1.82, 2.24) is 10.9 Å². The minimum atomic E-state index is -0.904. The maximum atomic E-state index is 11.5. The number of rotatable bonds is 5. The number of urea groups is 1. The molecule has 0 aromatic heterocycles. The van der Waals surface area contributed by atoms with Gasteiger partial charge in [-0.1, -0.05) is 11.6 Å². The average molecular weight is 301 g/mol. The maximum Gasteiger partial charge on any atom is 0.330 e. The molecule has 4 amide bonds. The summed E-state index contributed by atoms with van der Waals surface area (Å²) in [6.07, 6.45) is 0. The summed E-state index contributed by atoms with van der Waals surface area (Å²) < 4.78 is 4.84. The molecule has 1 aromatic carbocycles. The lowest BCUT2D eigenvalue weighted by Gasteiger charge is -2.07. The van der Waals surface area contributed by atoms with E-state index in [9.17, 15) is 14.4 Å². The molecule has 20 heavy (non-hydrogen) atoms. The molecule has 0 atom stereocenters. The molecule has 1 aromatic rings. The van der Waals surface area contributed by atoms with Crippen molar-refractivity contribution >= 4 is 35.1 Å². The maximum absolute atomic E-state index is 11.5. The molecular weight excluding hydrogens is 288 g/mol. The highest BCUT2D eigenvalue weighted by Gasteiger charge is 2.06. The van der Waals surface area contributed by atoms with Crippen LogP contribution in [0.5, 0.6) is 0 Å². The monoisotopic (exact) mass is 300 g/mol. The van der Waals surface area contributed by atoms with Crippen molar-refractivity contribution in [2.24, 2.45) is 5.73 Å². The third kappa shape index (κ3) is 6.57. The fourth-order valence-electron chi connectivity index (χ4n) is 1.13. The first-order valence-electron chi connectivity index (χ1n) is 5.45. The molecule has 5 N–H and O–H groups in total. The molecule has 0 saturated carbocycles. The van der Waals surface area contributed by atoms with E-state index >= 15 is 0 Å². The van der Waals surface area contributed by atoms with Crippen LogP contribution < -0.4 is 21.9 Å². The zero-order valence-corrected chi connectivity index (χ0v) is 11.1. The molecule has 0 bridgehead atoms. The van der Waals surface area contributed by atoms with E-state index in [0.717, 1.165) is 0 Å².